The number of amidine groups is 2. The first-order chi connectivity index (χ1) is 28.7. The van der Waals surface area contributed by atoms with E-state index in [2.05, 4.69) is 156 Å². The topological polar surface area (TPSA) is 61.9 Å². The maximum atomic E-state index is 6.26. The second-order valence-electron chi connectivity index (χ2n) is 15.0. The van der Waals surface area contributed by atoms with Crippen LogP contribution in [0.2, 0.25) is 0 Å². The van der Waals surface area contributed by atoms with Gasteiger partial charge in [0.2, 0.25) is 0 Å². The summed E-state index contributed by atoms with van der Waals surface area (Å²) < 4.78 is 8.84. The molecule has 0 bridgehead atoms. The Kier molecular flexibility index (Phi) is 7.46. The monoisotopic (exact) mass is 762 g/mol. The first kappa shape index (κ1) is 32.9. The summed E-state index contributed by atoms with van der Waals surface area (Å²) >= 11 is 1.87. The molecular weight excluding hydrogens is 729 g/mol. The van der Waals surface area contributed by atoms with Crippen LogP contribution in [0.4, 0.5) is 5.69 Å². The molecule has 58 heavy (non-hydrogen) atoms. The highest BCUT2D eigenvalue weighted by molar-refractivity contribution is 7.26. The standard InChI is InChI=1S/C52H34N4OS/c1-3-11-32(12-4-1)49-41-27-28-45-48(47(41)39-16-7-9-17-42(39)53-49)40-26-23-35(30-46(40)58-45)31-19-21-34(22-20-31)51-54-50(33-13-5-2-6-14-33)55-52(56-51)36-24-25-38-37-15-8-10-18-43(37)57-44(38)29-36/h1-30,49,52-53H,(H,54,55,56). The minimum Gasteiger partial charge on any atom is -0.456 e. The van der Waals surface area contributed by atoms with E-state index in [-0.39, 0.29) is 12.2 Å². The summed E-state index contributed by atoms with van der Waals surface area (Å²) in [5.74, 6) is 1.47. The van der Waals surface area contributed by atoms with Crippen molar-refractivity contribution in [2.45, 2.75) is 12.2 Å². The molecule has 0 fully saturated rings. The van der Waals surface area contributed by atoms with E-state index >= 15 is 0 Å². The molecule has 0 saturated carbocycles. The molecule has 2 N–H and O–H groups in total. The van der Waals surface area contributed by atoms with Crippen LogP contribution in [0.5, 0.6) is 0 Å². The van der Waals surface area contributed by atoms with Crippen molar-refractivity contribution < 1.29 is 4.42 Å². The van der Waals surface area contributed by atoms with E-state index in [4.69, 9.17) is 14.4 Å². The number of fused-ring (bicyclic) bond motifs is 10. The van der Waals surface area contributed by atoms with E-state index in [1.807, 2.05) is 47.7 Å². The molecule has 0 radical (unpaired) electrons. The van der Waals surface area contributed by atoms with Gasteiger partial charge in [-0.15, -0.1) is 11.3 Å². The van der Waals surface area contributed by atoms with Crippen molar-refractivity contribution in [2.24, 2.45) is 9.98 Å². The summed E-state index contributed by atoms with van der Waals surface area (Å²) in [6, 6.07) is 64.6. The van der Waals surface area contributed by atoms with Crippen LogP contribution in [0, 0.1) is 0 Å². The molecule has 2 aliphatic rings. The fourth-order valence-corrected chi connectivity index (χ4v) is 9.93. The molecule has 0 spiro atoms. The zero-order valence-corrected chi connectivity index (χ0v) is 32.0. The van der Waals surface area contributed by atoms with Crippen LogP contribution in [-0.2, 0) is 0 Å². The fourth-order valence-electron chi connectivity index (χ4n) is 8.78. The van der Waals surface area contributed by atoms with Gasteiger partial charge >= 0.3 is 0 Å². The van der Waals surface area contributed by atoms with Gasteiger partial charge in [-0.25, -0.2) is 9.98 Å². The zero-order valence-electron chi connectivity index (χ0n) is 31.2. The number of aliphatic imine (C=N–C) groups is 2. The Labute approximate surface area is 338 Å². The van der Waals surface area contributed by atoms with Gasteiger partial charge in [-0.3, -0.25) is 0 Å². The Balaban J connectivity index is 0.900. The van der Waals surface area contributed by atoms with Gasteiger partial charge in [0.1, 0.15) is 23.2 Å². The third-order valence-corrected chi connectivity index (χ3v) is 12.7. The van der Waals surface area contributed by atoms with Crippen LogP contribution < -0.4 is 10.6 Å². The predicted molar refractivity (Wildman–Crippen MR) is 241 cm³/mol. The molecule has 0 aliphatic carbocycles. The van der Waals surface area contributed by atoms with Crippen LogP contribution in [0.15, 0.2) is 196 Å². The van der Waals surface area contributed by atoms with Crippen LogP contribution in [-0.4, -0.2) is 11.7 Å². The molecule has 10 aromatic rings. The molecule has 4 heterocycles. The molecule has 8 aromatic carbocycles. The number of hydrogen-bond acceptors (Lipinski definition) is 6. The zero-order chi connectivity index (χ0) is 38.2. The van der Waals surface area contributed by atoms with Gasteiger partial charge in [-0.1, -0.05) is 152 Å². The summed E-state index contributed by atoms with van der Waals surface area (Å²) in [6.07, 6.45) is -0.341. The Morgan fingerprint density at radius 2 is 1.22 bits per heavy atom. The SMILES string of the molecule is c1ccc(C2=NC(c3ccc4c(c3)oc3ccccc34)NC(c3ccc(-c4ccc5c(c4)sc4ccc6c(c45)-c4ccccc4NC6c4ccccc4)cc3)=N2)cc1. The first-order valence-electron chi connectivity index (χ1n) is 19.6. The van der Waals surface area contributed by atoms with Gasteiger partial charge in [-0.2, -0.15) is 0 Å². The van der Waals surface area contributed by atoms with Gasteiger partial charge in [0.25, 0.3) is 0 Å². The minimum atomic E-state index is -0.341. The van der Waals surface area contributed by atoms with Crippen molar-refractivity contribution in [3.05, 3.63) is 210 Å². The highest BCUT2D eigenvalue weighted by Crippen LogP contribution is 2.50. The largest absolute Gasteiger partial charge is 0.456 e. The number of furan rings is 1. The number of rotatable bonds is 5. The molecule has 2 atom stereocenters. The number of benzene rings is 8. The third-order valence-electron chi connectivity index (χ3n) is 11.6. The molecule has 2 aliphatic heterocycles. The van der Waals surface area contributed by atoms with Crippen LogP contribution >= 0.6 is 11.3 Å². The summed E-state index contributed by atoms with van der Waals surface area (Å²) in [7, 11) is 0. The number of nitrogens with zero attached hydrogens (tertiary/aromatic N) is 2. The Morgan fingerprint density at radius 1 is 0.500 bits per heavy atom. The van der Waals surface area contributed by atoms with Crippen LogP contribution in [0.3, 0.4) is 0 Å². The smallest absolute Gasteiger partial charge is 0.159 e. The lowest BCUT2D eigenvalue weighted by atomic mass is 9.84. The average Bonchev–Trinajstić information content (AvgIpc) is 3.87. The average molecular weight is 763 g/mol. The summed E-state index contributed by atoms with van der Waals surface area (Å²) in [5, 5.41) is 12.3. The van der Waals surface area contributed by atoms with Crippen molar-refractivity contribution in [2.75, 3.05) is 5.32 Å². The highest BCUT2D eigenvalue weighted by atomic mass is 32.1. The second kappa shape index (κ2) is 13.2. The van der Waals surface area contributed by atoms with Crippen molar-refractivity contribution >= 4 is 70.8 Å². The molecular formula is C52H34N4OS. The first-order valence-corrected chi connectivity index (χ1v) is 20.4. The number of hydrogen-bond donors (Lipinski definition) is 2. The van der Waals surface area contributed by atoms with E-state index in [0.29, 0.717) is 5.84 Å². The molecule has 0 amide bonds. The van der Waals surface area contributed by atoms with E-state index in [1.165, 1.54) is 53.7 Å². The summed E-state index contributed by atoms with van der Waals surface area (Å²) in [4.78, 5) is 10.2. The van der Waals surface area contributed by atoms with Gasteiger partial charge in [0.15, 0.2) is 5.84 Å². The fraction of sp³-hybridized carbons (Fsp3) is 0.0385. The maximum absolute atomic E-state index is 6.26. The van der Waals surface area contributed by atoms with E-state index in [9.17, 15) is 0 Å². The molecule has 5 nitrogen and oxygen atoms in total. The van der Waals surface area contributed by atoms with Crippen LogP contribution in [0.1, 0.15) is 40.0 Å². The molecule has 2 unspecified atom stereocenters. The Morgan fingerprint density at radius 3 is 2.10 bits per heavy atom. The normalized spacial score (nSPS) is 16.1. The quantitative estimate of drug-likeness (QED) is 0.184. The van der Waals surface area contributed by atoms with Gasteiger partial charge < -0.3 is 15.1 Å². The molecule has 6 heteroatoms. The van der Waals surface area contributed by atoms with Crippen molar-refractivity contribution in [3.8, 4) is 22.3 Å². The predicted octanol–water partition coefficient (Wildman–Crippen LogP) is 13.3. The highest BCUT2D eigenvalue weighted by Gasteiger charge is 2.28. The third kappa shape index (κ3) is 5.37. The van der Waals surface area contributed by atoms with E-state index < -0.39 is 0 Å². The summed E-state index contributed by atoms with van der Waals surface area (Å²) in [5.41, 5.74) is 13.4. The Hall–Kier alpha value is -7.28. The Bertz CT molecular complexity index is 3290. The number of anilines is 1. The van der Waals surface area contributed by atoms with E-state index in [0.717, 1.165) is 50.0 Å². The minimum absolute atomic E-state index is 0.0806. The maximum Gasteiger partial charge on any atom is 0.159 e. The number of nitrogens with one attached hydrogen (secondary N) is 2. The van der Waals surface area contributed by atoms with Gasteiger partial charge in [0, 0.05) is 58.9 Å². The van der Waals surface area contributed by atoms with Gasteiger partial charge in [0.05, 0.1) is 6.04 Å². The van der Waals surface area contributed by atoms with E-state index in [1.54, 1.807) is 0 Å². The molecule has 0 saturated heterocycles. The second-order valence-corrected chi connectivity index (χ2v) is 16.1. The lowest BCUT2D eigenvalue weighted by molar-refractivity contribution is 0.655. The van der Waals surface area contributed by atoms with Gasteiger partial charge in [-0.05, 0) is 58.1 Å². The van der Waals surface area contributed by atoms with Crippen LogP contribution in [0.25, 0.3) is 64.4 Å². The van der Waals surface area contributed by atoms with Crippen molar-refractivity contribution in [1.29, 1.82) is 0 Å². The lowest BCUT2D eigenvalue weighted by Gasteiger charge is -2.31. The molecule has 12 rings (SSSR count). The molecule has 274 valence electrons. The molecule has 2 aromatic heterocycles. The number of thiophene rings is 1. The van der Waals surface area contributed by atoms with Crippen molar-refractivity contribution in [3.63, 3.8) is 0 Å². The summed E-state index contributed by atoms with van der Waals surface area (Å²) in [6.45, 7) is 0. The number of para-hydroxylation sites is 2. The van der Waals surface area contributed by atoms with Crippen molar-refractivity contribution in [1.82, 2.24) is 5.32 Å². The lowest BCUT2D eigenvalue weighted by Crippen LogP contribution is -2.33.